The molecule has 0 aromatic heterocycles. The van der Waals surface area contributed by atoms with Gasteiger partial charge < -0.3 is 9.69 Å². The number of hydrogen-bond acceptors (Lipinski definition) is 4. The number of fused-ring (bicyclic) bond motifs is 1. The van der Waals surface area contributed by atoms with Crippen LogP contribution >= 0.6 is 12.3 Å². The van der Waals surface area contributed by atoms with E-state index in [0.717, 1.165) is 15.4 Å². The van der Waals surface area contributed by atoms with Crippen LogP contribution in [-0.2, 0) is 16.1 Å². The second-order valence-electron chi connectivity index (χ2n) is 5.24. The molecule has 0 saturated carbocycles. The number of amides is 2. The van der Waals surface area contributed by atoms with Crippen molar-refractivity contribution in [3.8, 4) is 0 Å². The van der Waals surface area contributed by atoms with E-state index in [0.29, 0.717) is 18.4 Å². The fourth-order valence-electron chi connectivity index (χ4n) is 2.54. The van der Waals surface area contributed by atoms with Gasteiger partial charge in [0.05, 0.1) is 6.04 Å². The van der Waals surface area contributed by atoms with Crippen LogP contribution in [0, 0.1) is 6.92 Å². The van der Waals surface area contributed by atoms with Crippen molar-refractivity contribution in [1.82, 2.24) is 9.21 Å². The molecule has 0 saturated heterocycles. The number of carbonyl (C=O) groups is 3. The molecule has 7 heteroatoms. The Morgan fingerprint density at radius 1 is 1.52 bits per heavy atom. The Bertz CT molecular complexity index is 609. The molecule has 1 heterocycles. The van der Waals surface area contributed by atoms with E-state index in [1.165, 1.54) is 11.9 Å². The molecule has 0 fully saturated rings. The molecule has 2 rings (SSSR count). The molecule has 1 unspecified atom stereocenters. The first-order valence-corrected chi connectivity index (χ1v) is 7.57. The summed E-state index contributed by atoms with van der Waals surface area (Å²) in [5.41, 5.74) is 2.53. The predicted molar refractivity (Wildman–Crippen MR) is 88.3 cm³/mol. The summed E-state index contributed by atoms with van der Waals surface area (Å²) in [5.74, 6) is -0.615. The van der Waals surface area contributed by atoms with Crippen molar-refractivity contribution in [3.05, 3.63) is 34.9 Å². The van der Waals surface area contributed by atoms with Crippen LogP contribution in [0.1, 0.15) is 41.8 Å². The van der Waals surface area contributed by atoms with E-state index in [-0.39, 0.29) is 38.5 Å². The lowest BCUT2D eigenvalue weighted by Gasteiger charge is -2.23. The van der Waals surface area contributed by atoms with Crippen molar-refractivity contribution in [2.24, 2.45) is 0 Å². The molecule has 0 radical (unpaired) electrons. The van der Waals surface area contributed by atoms with E-state index in [1.54, 1.807) is 6.07 Å². The van der Waals surface area contributed by atoms with Gasteiger partial charge >= 0.3 is 0 Å². The summed E-state index contributed by atoms with van der Waals surface area (Å²) in [6, 6.07) is 4.79. The topological polar surface area (TPSA) is 57.7 Å². The van der Waals surface area contributed by atoms with E-state index < -0.39 is 11.9 Å². The summed E-state index contributed by atoms with van der Waals surface area (Å²) in [5, 5.41) is 0. The molecule has 1 atom stereocenters. The molecule has 0 bridgehead atoms. The lowest BCUT2D eigenvalue weighted by molar-refractivity contribution is -0.125. The molecule has 0 aliphatic carbocycles. The number of aryl methyl sites for hydroxylation is 1. The van der Waals surface area contributed by atoms with Crippen molar-refractivity contribution in [1.29, 1.82) is 0 Å². The number of hydrogen-bond donors (Lipinski definition) is 0. The van der Waals surface area contributed by atoms with Crippen LogP contribution in [-0.4, -0.2) is 40.4 Å². The van der Waals surface area contributed by atoms with E-state index >= 15 is 0 Å². The van der Waals surface area contributed by atoms with Crippen molar-refractivity contribution < 1.29 is 18.3 Å². The zero-order valence-electron chi connectivity index (χ0n) is 12.4. The van der Waals surface area contributed by atoms with E-state index in [2.05, 4.69) is 0 Å². The van der Waals surface area contributed by atoms with Crippen LogP contribution in [0.4, 0.5) is 3.89 Å². The molecule has 1 aromatic rings. The number of benzene rings is 1. The average Bonchev–Trinajstić information content (AvgIpc) is 2.86. The number of halogens is 1. The van der Waals surface area contributed by atoms with E-state index in [1.807, 2.05) is 19.1 Å². The van der Waals surface area contributed by atoms with Crippen molar-refractivity contribution in [3.63, 3.8) is 0 Å². The summed E-state index contributed by atoms with van der Waals surface area (Å²) in [6.07, 6.45) is 0.872. The Morgan fingerprint density at radius 3 is 2.78 bits per heavy atom. The molecule has 126 valence electrons. The summed E-state index contributed by atoms with van der Waals surface area (Å²) >= 11 is -0.168. The highest BCUT2D eigenvalue weighted by Gasteiger charge is 2.33. The van der Waals surface area contributed by atoms with Gasteiger partial charge in [-0.1, -0.05) is 19.6 Å². The third-order valence-electron chi connectivity index (χ3n) is 3.90. The van der Waals surface area contributed by atoms with Crippen LogP contribution in [0.3, 0.4) is 0 Å². The van der Waals surface area contributed by atoms with Gasteiger partial charge in [-0.15, -0.1) is 3.89 Å². The SMILES string of the molecule is C.Cc1cccc2c1CN(C(C=O)CCC(=O)N(C)SF)C2=O. The first-order valence-electron chi connectivity index (χ1n) is 6.89. The van der Waals surface area contributed by atoms with Gasteiger partial charge in [0.25, 0.3) is 5.91 Å². The quantitative estimate of drug-likeness (QED) is 0.590. The van der Waals surface area contributed by atoms with Gasteiger partial charge in [-0.3, -0.25) is 13.9 Å². The van der Waals surface area contributed by atoms with Crippen LogP contribution in [0.15, 0.2) is 18.2 Å². The highest BCUT2D eigenvalue weighted by Crippen LogP contribution is 2.28. The molecule has 5 nitrogen and oxygen atoms in total. The van der Waals surface area contributed by atoms with Crippen LogP contribution in [0.25, 0.3) is 0 Å². The number of carbonyl (C=O) groups excluding carboxylic acids is 3. The van der Waals surface area contributed by atoms with Gasteiger partial charge in [0.1, 0.15) is 6.29 Å². The van der Waals surface area contributed by atoms with Gasteiger partial charge in [0.15, 0.2) is 12.3 Å². The maximum Gasteiger partial charge on any atom is 0.255 e. The number of rotatable bonds is 6. The maximum absolute atomic E-state index is 12.4. The Labute approximate surface area is 140 Å². The molecular weight excluding hydrogens is 319 g/mol. The highest BCUT2D eigenvalue weighted by molar-refractivity contribution is 7.92. The summed E-state index contributed by atoms with van der Waals surface area (Å²) in [4.78, 5) is 36.8. The first-order chi connectivity index (χ1) is 10.5. The zero-order chi connectivity index (χ0) is 16.3. The standard InChI is InChI=1S/C15H17FN2O3S.CH4/c1-10-4-3-5-12-13(10)8-18(15(12)21)11(9-19)6-7-14(20)17(2)22-16;/h3-5,9,11H,6-8H2,1-2H3;1H4. The minimum atomic E-state index is -0.679. The Hall–Kier alpha value is -1.89. The van der Waals surface area contributed by atoms with Gasteiger partial charge in [-0.05, 0) is 30.5 Å². The fourth-order valence-corrected chi connectivity index (χ4v) is 2.71. The van der Waals surface area contributed by atoms with Crippen LogP contribution < -0.4 is 0 Å². The second kappa shape index (κ2) is 8.10. The third-order valence-corrected chi connectivity index (χ3v) is 4.31. The zero-order valence-corrected chi connectivity index (χ0v) is 13.2. The average molecular weight is 340 g/mol. The van der Waals surface area contributed by atoms with Crippen molar-refractivity contribution in [2.75, 3.05) is 7.05 Å². The predicted octanol–water partition coefficient (Wildman–Crippen LogP) is 2.93. The normalized spacial score (nSPS) is 14.0. The summed E-state index contributed by atoms with van der Waals surface area (Å²) in [7, 11) is 1.32. The van der Waals surface area contributed by atoms with E-state index in [9.17, 15) is 18.3 Å². The Morgan fingerprint density at radius 2 is 2.22 bits per heavy atom. The lowest BCUT2D eigenvalue weighted by Crippen LogP contribution is -2.37. The Kier molecular flexibility index (Phi) is 6.75. The summed E-state index contributed by atoms with van der Waals surface area (Å²) < 4.78 is 13.2. The minimum absolute atomic E-state index is 0. The van der Waals surface area contributed by atoms with Crippen molar-refractivity contribution in [2.45, 2.75) is 39.8 Å². The molecule has 23 heavy (non-hydrogen) atoms. The van der Waals surface area contributed by atoms with Crippen molar-refractivity contribution >= 4 is 30.4 Å². The number of nitrogens with zero attached hydrogens (tertiary/aromatic N) is 2. The van der Waals surface area contributed by atoms with Gasteiger partial charge in [0.2, 0.25) is 5.91 Å². The van der Waals surface area contributed by atoms with E-state index in [4.69, 9.17) is 0 Å². The van der Waals surface area contributed by atoms with Gasteiger partial charge in [0, 0.05) is 25.6 Å². The molecule has 2 amide bonds. The largest absolute Gasteiger partial charge is 0.325 e. The van der Waals surface area contributed by atoms with Crippen LogP contribution in [0.5, 0.6) is 0 Å². The molecule has 0 spiro atoms. The first kappa shape index (κ1) is 19.2. The fraction of sp³-hybridized carbons (Fsp3) is 0.438. The molecule has 1 aliphatic rings. The molecule has 1 aromatic carbocycles. The summed E-state index contributed by atoms with van der Waals surface area (Å²) in [6.45, 7) is 2.29. The Balaban J connectivity index is 0.00000264. The molecule has 0 N–H and O–H groups in total. The molecular formula is C16H21FN2O3S. The minimum Gasteiger partial charge on any atom is -0.325 e. The lowest BCUT2D eigenvalue weighted by atomic mass is 10.1. The smallest absolute Gasteiger partial charge is 0.255 e. The van der Waals surface area contributed by atoms with Gasteiger partial charge in [-0.25, -0.2) is 0 Å². The monoisotopic (exact) mass is 340 g/mol. The highest BCUT2D eigenvalue weighted by atomic mass is 32.2. The second-order valence-corrected chi connectivity index (χ2v) is 5.92. The maximum atomic E-state index is 12.4. The van der Waals surface area contributed by atoms with Crippen LogP contribution in [0.2, 0.25) is 0 Å². The molecule has 1 aliphatic heterocycles. The third kappa shape index (κ3) is 3.90. The van der Waals surface area contributed by atoms with Gasteiger partial charge in [-0.2, -0.15) is 0 Å². The number of aldehydes is 1.